The van der Waals surface area contributed by atoms with Gasteiger partial charge in [-0.2, -0.15) is 0 Å². The molecule has 1 heterocycles. The van der Waals surface area contributed by atoms with E-state index in [1.165, 1.54) is 11.3 Å². The summed E-state index contributed by atoms with van der Waals surface area (Å²) in [5.41, 5.74) is 7.03. The van der Waals surface area contributed by atoms with Crippen LogP contribution in [0, 0.1) is 6.92 Å². The predicted molar refractivity (Wildman–Crippen MR) is 74.0 cm³/mol. The Hall–Kier alpha value is -1.72. The number of amides is 1. The molecule has 1 amide bonds. The zero-order chi connectivity index (χ0) is 13.0. The van der Waals surface area contributed by atoms with Gasteiger partial charge in [-0.05, 0) is 25.6 Å². The van der Waals surface area contributed by atoms with Crippen LogP contribution in [-0.2, 0) is 6.42 Å². The number of nitrogens with two attached hydrogens (primary N) is 1. The summed E-state index contributed by atoms with van der Waals surface area (Å²) in [4.78, 5) is 17.1. The molecule has 0 fully saturated rings. The van der Waals surface area contributed by atoms with E-state index in [1.807, 2.05) is 37.3 Å². The van der Waals surface area contributed by atoms with Gasteiger partial charge in [0.2, 0.25) is 0 Å². The first-order valence-electron chi connectivity index (χ1n) is 5.73. The fourth-order valence-corrected chi connectivity index (χ4v) is 2.58. The zero-order valence-corrected chi connectivity index (χ0v) is 11.0. The quantitative estimate of drug-likeness (QED) is 0.886. The molecule has 1 aromatic carbocycles. The van der Waals surface area contributed by atoms with Crippen LogP contribution in [0.25, 0.3) is 0 Å². The minimum Gasteiger partial charge on any atom is -0.330 e. The number of rotatable bonds is 4. The molecule has 4 nitrogen and oxygen atoms in total. The Morgan fingerprint density at radius 2 is 2.11 bits per heavy atom. The maximum Gasteiger partial charge on any atom is 0.267 e. The van der Waals surface area contributed by atoms with Crippen molar-refractivity contribution in [2.24, 2.45) is 5.73 Å². The Morgan fingerprint density at radius 1 is 1.39 bits per heavy atom. The first kappa shape index (κ1) is 12.7. The van der Waals surface area contributed by atoms with Crippen LogP contribution in [0.1, 0.15) is 20.4 Å². The number of para-hydroxylation sites is 1. The molecular weight excluding hydrogens is 246 g/mol. The number of nitrogens with zero attached hydrogens (tertiary/aromatic N) is 1. The van der Waals surface area contributed by atoms with Crippen LogP contribution in [0.4, 0.5) is 5.69 Å². The maximum atomic E-state index is 12.1. The summed E-state index contributed by atoms with van der Waals surface area (Å²) < 4.78 is 0. The number of aromatic nitrogens is 1. The molecule has 94 valence electrons. The Bertz CT molecular complexity index is 536. The van der Waals surface area contributed by atoms with Crippen LogP contribution in [0.5, 0.6) is 0 Å². The van der Waals surface area contributed by atoms with Crippen molar-refractivity contribution in [2.75, 3.05) is 11.9 Å². The van der Waals surface area contributed by atoms with E-state index in [2.05, 4.69) is 10.3 Å². The summed E-state index contributed by atoms with van der Waals surface area (Å²) in [5, 5.41) is 3.77. The van der Waals surface area contributed by atoms with Gasteiger partial charge in [-0.15, -0.1) is 11.3 Å². The summed E-state index contributed by atoms with van der Waals surface area (Å²) in [5.74, 6) is -0.112. The number of hydrogen-bond acceptors (Lipinski definition) is 4. The minimum absolute atomic E-state index is 0.112. The molecule has 0 radical (unpaired) electrons. The van der Waals surface area contributed by atoms with E-state index in [1.54, 1.807) is 0 Å². The molecule has 3 N–H and O–H groups in total. The molecule has 2 rings (SSSR count). The average Bonchev–Trinajstić information content (AvgIpc) is 2.72. The van der Waals surface area contributed by atoms with E-state index in [-0.39, 0.29) is 5.91 Å². The lowest BCUT2D eigenvalue weighted by atomic mass is 10.3. The number of carbonyl (C=O) groups excluding carboxylic acids is 1. The smallest absolute Gasteiger partial charge is 0.267 e. The predicted octanol–water partition coefficient (Wildman–Crippen LogP) is 2.21. The molecule has 0 bridgehead atoms. The van der Waals surface area contributed by atoms with Crippen LogP contribution >= 0.6 is 11.3 Å². The molecule has 2 aromatic rings. The fourth-order valence-electron chi connectivity index (χ4n) is 1.60. The van der Waals surface area contributed by atoms with Crippen molar-refractivity contribution in [2.45, 2.75) is 13.3 Å². The van der Waals surface area contributed by atoms with Gasteiger partial charge in [0.05, 0.1) is 10.7 Å². The van der Waals surface area contributed by atoms with Gasteiger partial charge in [0.1, 0.15) is 4.88 Å². The number of anilines is 1. The third kappa shape index (κ3) is 2.94. The van der Waals surface area contributed by atoms with Crippen molar-refractivity contribution in [3.05, 3.63) is 45.9 Å². The number of nitrogens with one attached hydrogen (secondary N) is 1. The molecule has 0 aliphatic heterocycles. The molecule has 0 aliphatic carbocycles. The molecule has 5 heteroatoms. The second-order valence-electron chi connectivity index (χ2n) is 3.88. The van der Waals surface area contributed by atoms with Gasteiger partial charge in [0, 0.05) is 12.1 Å². The highest BCUT2D eigenvalue weighted by Crippen LogP contribution is 2.20. The number of hydrogen-bond donors (Lipinski definition) is 2. The molecule has 0 unspecified atom stereocenters. The average molecular weight is 261 g/mol. The lowest BCUT2D eigenvalue weighted by molar-refractivity contribution is 0.103. The molecule has 0 atom stereocenters. The van der Waals surface area contributed by atoms with Crippen LogP contribution in [0.2, 0.25) is 0 Å². The normalized spacial score (nSPS) is 10.3. The van der Waals surface area contributed by atoms with Crippen molar-refractivity contribution in [1.82, 2.24) is 4.98 Å². The van der Waals surface area contributed by atoms with Crippen LogP contribution in [-0.4, -0.2) is 17.4 Å². The highest BCUT2D eigenvalue weighted by molar-refractivity contribution is 7.13. The second kappa shape index (κ2) is 5.75. The van der Waals surface area contributed by atoms with E-state index in [0.717, 1.165) is 16.4 Å². The number of aryl methyl sites for hydroxylation is 1. The lowest BCUT2D eigenvalue weighted by Gasteiger charge is -2.02. The van der Waals surface area contributed by atoms with Gasteiger partial charge in [-0.3, -0.25) is 4.79 Å². The van der Waals surface area contributed by atoms with E-state index in [9.17, 15) is 4.79 Å². The second-order valence-corrected chi connectivity index (χ2v) is 4.96. The van der Waals surface area contributed by atoms with Crippen molar-refractivity contribution in [3.8, 4) is 0 Å². The van der Waals surface area contributed by atoms with Gasteiger partial charge >= 0.3 is 0 Å². The van der Waals surface area contributed by atoms with Crippen molar-refractivity contribution >= 4 is 22.9 Å². The monoisotopic (exact) mass is 261 g/mol. The molecule has 0 aliphatic rings. The number of thiazole rings is 1. The van der Waals surface area contributed by atoms with Gasteiger partial charge < -0.3 is 11.1 Å². The molecule has 0 spiro atoms. The molecule has 18 heavy (non-hydrogen) atoms. The van der Waals surface area contributed by atoms with Crippen molar-refractivity contribution in [3.63, 3.8) is 0 Å². The fraction of sp³-hybridized carbons (Fsp3) is 0.231. The van der Waals surface area contributed by atoms with Crippen LogP contribution < -0.4 is 11.1 Å². The third-order valence-electron chi connectivity index (χ3n) is 2.44. The summed E-state index contributed by atoms with van der Waals surface area (Å²) in [6.45, 7) is 2.39. The van der Waals surface area contributed by atoms with Gasteiger partial charge in [-0.25, -0.2) is 4.98 Å². The SMILES string of the molecule is Cc1nc(CCN)sc1C(=O)Nc1ccccc1. The van der Waals surface area contributed by atoms with Gasteiger partial charge in [-0.1, -0.05) is 18.2 Å². The van der Waals surface area contributed by atoms with Crippen LogP contribution in [0.3, 0.4) is 0 Å². The Kier molecular flexibility index (Phi) is 4.07. The molecule has 0 saturated carbocycles. The largest absolute Gasteiger partial charge is 0.330 e. The highest BCUT2D eigenvalue weighted by atomic mass is 32.1. The molecule has 1 aromatic heterocycles. The van der Waals surface area contributed by atoms with Crippen molar-refractivity contribution < 1.29 is 4.79 Å². The summed E-state index contributed by atoms with van der Waals surface area (Å²) in [7, 11) is 0. The first-order valence-corrected chi connectivity index (χ1v) is 6.55. The lowest BCUT2D eigenvalue weighted by Crippen LogP contribution is -2.11. The van der Waals surface area contributed by atoms with E-state index in [4.69, 9.17) is 5.73 Å². The minimum atomic E-state index is -0.112. The Morgan fingerprint density at radius 3 is 2.78 bits per heavy atom. The van der Waals surface area contributed by atoms with Gasteiger partial charge in [0.15, 0.2) is 0 Å². The van der Waals surface area contributed by atoms with E-state index >= 15 is 0 Å². The number of benzene rings is 1. The highest BCUT2D eigenvalue weighted by Gasteiger charge is 2.14. The summed E-state index contributed by atoms with van der Waals surface area (Å²) >= 11 is 1.41. The Labute approximate surface area is 110 Å². The van der Waals surface area contributed by atoms with Gasteiger partial charge in [0.25, 0.3) is 5.91 Å². The van der Waals surface area contributed by atoms with Crippen LogP contribution in [0.15, 0.2) is 30.3 Å². The first-order chi connectivity index (χ1) is 8.70. The molecule has 0 saturated heterocycles. The third-order valence-corrected chi connectivity index (χ3v) is 3.65. The summed E-state index contributed by atoms with van der Waals surface area (Å²) in [6.07, 6.45) is 0.712. The van der Waals surface area contributed by atoms with E-state index in [0.29, 0.717) is 17.8 Å². The topological polar surface area (TPSA) is 68.0 Å². The Balaban J connectivity index is 2.14. The molecular formula is C13H15N3OS. The van der Waals surface area contributed by atoms with E-state index < -0.39 is 0 Å². The van der Waals surface area contributed by atoms with Crippen molar-refractivity contribution in [1.29, 1.82) is 0 Å². The summed E-state index contributed by atoms with van der Waals surface area (Å²) in [6, 6.07) is 9.39. The maximum absolute atomic E-state index is 12.1. The zero-order valence-electron chi connectivity index (χ0n) is 10.1. The standard InChI is InChI=1S/C13H15N3OS/c1-9-12(18-11(15-9)7-8-14)13(17)16-10-5-3-2-4-6-10/h2-6H,7-8,14H2,1H3,(H,16,17). The number of carbonyl (C=O) groups is 1.